The first-order valence-corrected chi connectivity index (χ1v) is 14.0. The molecule has 0 N–H and O–H groups in total. The molecule has 0 spiro atoms. The minimum Gasteiger partial charge on any atom is -0.0622 e. The molecule has 0 aliphatic heterocycles. The molecule has 0 amide bonds. The Balaban J connectivity index is 1.46. The van der Waals surface area contributed by atoms with Gasteiger partial charge in [-0.2, -0.15) is 0 Å². The van der Waals surface area contributed by atoms with Crippen LogP contribution in [0.5, 0.6) is 0 Å². The Morgan fingerprint density at radius 3 is 1.62 bits per heavy atom. The first-order valence-electron chi connectivity index (χ1n) is 14.0. The molecule has 0 nitrogen and oxygen atoms in total. The zero-order valence-electron chi connectivity index (χ0n) is 21.7. The van der Waals surface area contributed by atoms with Crippen molar-refractivity contribution in [1.82, 2.24) is 0 Å². The molecular formula is C40H22. The van der Waals surface area contributed by atoms with Crippen molar-refractivity contribution in [3.8, 4) is 11.1 Å². The van der Waals surface area contributed by atoms with Gasteiger partial charge in [0.05, 0.1) is 0 Å². The highest BCUT2D eigenvalue weighted by atomic mass is 14.2. The van der Waals surface area contributed by atoms with E-state index in [0.29, 0.717) is 0 Å². The van der Waals surface area contributed by atoms with Crippen LogP contribution in [0.4, 0.5) is 0 Å². The van der Waals surface area contributed by atoms with E-state index in [0.717, 1.165) is 0 Å². The Hall–Kier alpha value is -5.20. The minimum atomic E-state index is 1.26. The molecule has 0 saturated carbocycles. The lowest BCUT2D eigenvalue weighted by molar-refractivity contribution is 1.67. The van der Waals surface area contributed by atoms with Crippen LogP contribution in [0.2, 0.25) is 0 Å². The maximum Gasteiger partial charge on any atom is -0.00137 e. The van der Waals surface area contributed by atoms with Gasteiger partial charge in [0.2, 0.25) is 0 Å². The van der Waals surface area contributed by atoms with E-state index in [1.165, 1.54) is 97.3 Å². The summed E-state index contributed by atoms with van der Waals surface area (Å²) in [5.41, 5.74) is 2.57. The Kier molecular flexibility index (Phi) is 3.76. The molecule has 10 rings (SSSR count). The smallest absolute Gasteiger partial charge is 0.00137 e. The predicted molar refractivity (Wildman–Crippen MR) is 174 cm³/mol. The van der Waals surface area contributed by atoms with Crippen LogP contribution in [0.1, 0.15) is 0 Å². The van der Waals surface area contributed by atoms with Crippen LogP contribution in [0.3, 0.4) is 0 Å². The van der Waals surface area contributed by atoms with Gasteiger partial charge < -0.3 is 0 Å². The largest absolute Gasteiger partial charge is 0.0622 e. The van der Waals surface area contributed by atoms with Crippen LogP contribution in [-0.2, 0) is 0 Å². The van der Waals surface area contributed by atoms with Crippen LogP contribution in [0.25, 0.3) is 97.3 Å². The van der Waals surface area contributed by atoms with E-state index >= 15 is 0 Å². The standard InChI is InChI=1S/C40H22/c1-2-8-23(9-3-1)26-18-19-31-27-12-4-5-13-28(27)37-22-35-32(39(26)40(31)37)17-16-25-20-34-29-14-6-10-24-11-7-15-30(38(24)29)36(34)21-33(25)35/h1-22H. The number of fused-ring (bicyclic) bond motifs is 10. The number of rotatable bonds is 1. The monoisotopic (exact) mass is 502 g/mol. The van der Waals surface area contributed by atoms with E-state index in [1.54, 1.807) is 0 Å². The molecule has 182 valence electrons. The van der Waals surface area contributed by atoms with E-state index in [1.807, 2.05) is 0 Å². The fraction of sp³-hybridized carbons (Fsp3) is 0. The Morgan fingerprint density at radius 1 is 0.250 bits per heavy atom. The third kappa shape index (κ3) is 2.47. The molecule has 10 aromatic rings. The molecule has 0 aliphatic rings. The number of benzene rings is 8. The van der Waals surface area contributed by atoms with Crippen molar-refractivity contribution in [3.63, 3.8) is 0 Å². The van der Waals surface area contributed by atoms with Crippen LogP contribution in [0, 0.1) is 0 Å². The van der Waals surface area contributed by atoms with E-state index in [2.05, 4.69) is 133 Å². The second-order valence-electron chi connectivity index (χ2n) is 11.2. The van der Waals surface area contributed by atoms with Gasteiger partial charge in [-0.05, 0) is 116 Å². The average Bonchev–Trinajstić information content (AvgIpc) is 3.51. The van der Waals surface area contributed by atoms with Gasteiger partial charge in [0, 0.05) is 0 Å². The van der Waals surface area contributed by atoms with Gasteiger partial charge in [0.25, 0.3) is 0 Å². The lowest BCUT2D eigenvalue weighted by Gasteiger charge is -2.14. The zero-order valence-corrected chi connectivity index (χ0v) is 21.7. The third-order valence-electron chi connectivity index (χ3n) is 9.31. The highest BCUT2D eigenvalue weighted by Gasteiger charge is 2.19. The van der Waals surface area contributed by atoms with E-state index < -0.39 is 0 Å². The van der Waals surface area contributed by atoms with Crippen LogP contribution in [-0.4, -0.2) is 0 Å². The SMILES string of the molecule is c1ccc(-c2ccc3c4ccccc4c4cc5c6cc7c(cc6ccc5c2c34)c2cccc3cccc7c32)cc1. The van der Waals surface area contributed by atoms with Crippen molar-refractivity contribution in [2.45, 2.75) is 0 Å². The molecular weight excluding hydrogens is 480 g/mol. The topological polar surface area (TPSA) is 0 Å². The Labute approximate surface area is 230 Å². The maximum absolute atomic E-state index is 2.47. The average molecular weight is 503 g/mol. The summed E-state index contributed by atoms with van der Waals surface area (Å²) >= 11 is 0. The Bertz CT molecular complexity index is 2620. The van der Waals surface area contributed by atoms with Gasteiger partial charge in [-0.1, -0.05) is 115 Å². The summed E-state index contributed by atoms with van der Waals surface area (Å²) in [5, 5.41) is 21.5. The summed E-state index contributed by atoms with van der Waals surface area (Å²) in [6.07, 6.45) is 0. The van der Waals surface area contributed by atoms with Crippen molar-refractivity contribution in [2.24, 2.45) is 0 Å². The lowest BCUT2D eigenvalue weighted by atomic mass is 9.89. The molecule has 0 radical (unpaired) electrons. The second-order valence-corrected chi connectivity index (χ2v) is 11.2. The molecule has 0 heterocycles. The predicted octanol–water partition coefficient (Wildman–Crippen LogP) is 11.5. The molecule has 0 aromatic heterocycles. The van der Waals surface area contributed by atoms with Crippen molar-refractivity contribution < 1.29 is 0 Å². The van der Waals surface area contributed by atoms with Gasteiger partial charge in [0.1, 0.15) is 0 Å². The van der Waals surface area contributed by atoms with Crippen molar-refractivity contribution >= 4 is 86.2 Å². The molecule has 40 heavy (non-hydrogen) atoms. The molecule has 10 aromatic carbocycles. The first kappa shape index (κ1) is 20.7. The van der Waals surface area contributed by atoms with E-state index in [4.69, 9.17) is 0 Å². The molecule has 0 unspecified atom stereocenters. The fourth-order valence-electron chi connectivity index (χ4n) is 7.63. The quantitative estimate of drug-likeness (QED) is 0.196. The minimum absolute atomic E-state index is 1.26. The van der Waals surface area contributed by atoms with Crippen molar-refractivity contribution in [1.29, 1.82) is 0 Å². The summed E-state index contributed by atoms with van der Waals surface area (Å²) in [6, 6.07) is 49.9. The van der Waals surface area contributed by atoms with Crippen molar-refractivity contribution in [2.75, 3.05) is 0 Å². The zero-order chi connectivity index (χ0) is 25.9. The summed E-state index contributed by atoms with van der Waals surface area (Å²) in [5.74, 6) is 0. The molecule has 0 saturated heterocycles. The molecule has 0 atom stereocenters. The number of hydrogen-bond acceptors (Lipinski definition) is 0. The summed E-state index contributed by atoms with van der Waals surface area (Å²) in [6.45, 7) is 0. The lowest BCUT2D eigenvalue weighted by Crippen LogP contribution is -1.86. The van der Waals surface area contributed by atoms with Crippen molar-refractivity contribution in [3.05, 3.63) is 133 Å². The normalized spacial score (nSPS) is 12.5. The van der Waals surface area contributed by atoms with Crippen LogP contribution >= 0.6 is 0 Å². The van der Waals surface area contributed by atoms with Crippen LogP contribution < -0.4 is 0 Å². The van der Waals surface area contributed by atoms with E-state index in [-0.39, 0.29) is 0 Å². The summed E-state index contributed by atoms with van der Waals surface area (Å²) < 4.78 is 0. The maximum atomic E-state index is 2.47. The fourth-order valence-corrected chi connectivity index (χ4v) is 7.63. The summed E-state index contributed by atoms with van der Waals surface area (Å²) in [4.78, 5) is 0. The van der Waals surface area contributed by atoms with Gasteiger partial charge in [-0.15, -0.1) is 0 Å². The highest BCUT2D eigenvalue weighted by Crippen LogP contribution is 2.48. The number of hydrogen-bond donors (Lipinski definition) is 0. The first-order chi connectivity index (χ1) is 19.8. The molecule has 0 fully saturated rings. The molecule has 0 aliphatic carbocycles. The Morgan fingerprint density at radius 2 is 0.825 bits per heavy atom. The molecule has 0 heteroatoms. The van der Waals surface area contributed by atoms with Gasteiger partial charge in [0.15, 0.2) is 0 Å². The highest BCUT2D eigenvalue weighted by molar-refractivity contribution is 6.39. The van der Waals surface area contributed by atoms with Gasteiger partial charge >= 0.3 is 0 Å². The van der Waals surface area contributed by atoms with Gasteiger partial charge in [-0.25, -0.2) is 0 Å². The summed E-state index contributed by atoms with van der Waals surface area (Å²) in [7, 11) is 0. The second kappa shape index (κ2) is 7.25. The molecule has 0 bridgehead atoms. The van der Waals surface area contributed by atoms with Crippen LogP contribution in [0.15, 0.2) is 133 Å². The van der Waals surface area contributed by atoms with E-state index in [9.17, 15) is 0 Å². The van der Waals surface area contributed by atoms with Gasteiger partial charge in [-0.3, -0.25) is 0 Å². The third-order valence-corrected chi connectivity index (χ3v) is 9.31.